The molecule has 0 aliphatic carbocycles. The van der Waals surface area contributed by atoms with Gasteiger partial charge in [-0.2, -0.15) is 0 Å². The van der Waals surface area contributed by atoms with E-state index in [0.29, 0.717) is 0 Å². The first kappa shape index (κ1) is 85.9. The second-order valence-corrected chi connectivity index (χ2v) is 25.5. The van der Waals surface area contributed by atoms with Gasteiger partial charge in [0.25, 0.3) is 0 Å². The van der Waals surface area contributed by atoms with Crippen LogP contribution >= 0.6 is 0 Å². The summed E-state index contributed by atoms with van der Waals surface area (Å²) in [7, 11) is 0. The van der Waals surface area contributed by atoms with Crippen LogP contribution in [0.3, 0.4) is 0 Å². The molecule has 12 heteroatoms. The Labute approximate surface area is 744 Å². The molecule has 6 nitrogen and oxygen atoms in total. The molecule has 564 valence electrons. The summed E-state index contributed by atoms with van der Waals surface area (Å²) < 4.78 is 0. The van der Waals surface area contributed by atoms with Gasteiger partial charge in [-0.1, -0.05) is 206 Å². The molecular formula is C102H66Ir6N6-6. The normalized spacial score (nSPS) is 10.2. The summed E-state index contributed by atoms with van der Waals surface area (Å²) in [6, 6.07) is 144. The van der Waals surface area contributed by atoms with Gasteiger partial charge in [0.2, 0.25) is 0 Å². The molecule has 6 heterocycles. The van der Waals surface area contributed by atoms with E-state index in [-0.39, 0.29) is 121 Å². The van der Waals surface area contributed by atoms with Crippen molar-refractivity contribution in [3.8, 4) is 67.5 Å². The van der Waals surface area contributed by atoms with E-state index >= 15 is 0 Å². The zero-order valence-corrected chi connectivity index (χ0v) is 75.2. The van der Waals surface area contributed by atoms with Crippen LogP contribution in [0, 0.1) is 36.4 Å². The number of aromatic nitrogens is 6. The number of hydrogen-bond acceptors (Lipinski definition) is 6. The summed E-state index contributed by atoms with van der Waals surface area (Å²) in [5.74, 6) is 0. The van der Waals surface area contributed by atoms with Crippen LogP contribution in [-0.4, -0.2) is 29.9 Å². The summed E-state index contributed by atoms with van der Waals surface area (Å²) in [6.45, 7) is 0. The second-order valence-electron chi connectivity index (χ2n) is 25.5. The summed E-state index contributed by atoms with van der Waals surface area (Å²) in [5, 5.41) is 20.7. The van der Waals surface area contributed by atoms with Crippen molar-refractivity contribution in [3.05, 3.63) is 437 Å². The third-order valence-corrected chi connectivity index (χ3v) is 18.7. The maximum Gasteiger partial charge on any atom is 0.0595 e. The molecular weight excluding hydrogens is 2460 g/mol. The number of fused-ring (bicyclic) bond motifs is 12. The van der Waals surface area contributed by atoms with E-state index in [0.717, 1.165) is 73.1 Å². The van der Waals surface area contributed by atoms with Crippen molar-refractivity contribution in [1.82, 2.24) is 29.9 Å². The Kier molecular flexibility index (Phi) is 32.0. The van der Waals surface area contributed by atoms with Gasteiger partial charge in [0.15, 0.2) is 0 Å². The van der Waals surface area contributed by atoms with Crippen LogP contribution in [0.5, 0.6) is 0 Å². The molecule has 0 fully saturated rings. The van der Waals surface area contributed by atoms with Gasteiger partial charge >= 0.3 is 0 Å². The topological polar surface area (TPSA) is 77.3 Å². The molecule has 0 amide bonds. The summed E-state index contributed by atoms with van der Waals surface area (Å²) in [4.78, 5) is 27.2. The van der Waals surface area contributed by atoms with Crippen molar-refractivity contribution < 1.29 is 121 Å². The van der Waals surface area contributed by atoms with E-state index in [4.69, 9.17) is 0 Å². The first-order valence-corrected chi connectivity index (χ1v) is 35.8. The molecule has 15 aromatic carbocycles. The molecule has 0 spiro atoms. The van der Waals surface area contributed by atoms with Crippen LogP contribution in [-0.2, 0) is 121 Å². The van der Waals surface area contributed by atoms with Crippen LogP contribution in [0.4, 0.5) is 0 Å². The van der Waals surface area contributed by atoms with E-state index < -0.39 is 0 Å². The monoisotopic (exact) mass is 2530 g/mol. The van der Waals surface area contributed by atoms with Crippen molar-refractivity contribution in [2.24, 2.45) is 0 Å². The second kappa shape index (κ2) is 42.5. The van der Waals surface area contributed by atoms with Crippen molar-refractivity contribution in [2.75, 3.05) is 0 Å². The molecule has 0 saturated carbocycles. The fourth-order valence-corrected chi connectivity index (χ4v) is 13.3. The van der Waals surface area contributed by atoms with Crippen LogP contribution in [0.15, 0.2) is 401 Å². The molecule has 6 aromatic heterocycles. The van der Waals surface area contributed by atoms with Gasteiger partial charge in [0, 0.05) is 157 Å². The number of hydrogen-bond donors (Lipinski definition) is 0. The van der Waals surface area contributed by atoms with Gasteiger partial charge in [-0.15, -0.1) is 215 Å². The number of para-hydroxylation sites is 1. The number of benzene rings is 15. The first-order valence-electron chi connectivity index (χ1n) is 35.8. The van der Waals surface area contributed by atoms with Gasteiger partial charge in [-0.05, 0) is 139 Å². The molecule has 0 aliphatic rings. The minimum absolute atomic E-state index is 0. The smallest absolute Gasteiger partial charge is 0.0595 e. The van der Waals surface area contributed by atoms with E-state index in [1.165, 1.54) is 91.6 Å². The minimum atomic E-state index is 0. The van der Waals surface area contributed by atoms with Gasteiger partial charge in [0.1, 0.15) is 0 Å². The zero-order valence-electron chi connectivity index (χ0n) is 60.8. The largest absolute Gasteiger partial charge is 0.304 e. The van der Waals surface area contributed by atoms with Gasteiger partial charge in [-0.3, -0.25) is 4.98 Å². The Morgan fingerprint density at radius 3 is 1.04 bits per heavy atom. The number of rotatable bonds is 6. The third-order valence-electron chi connectivity index (χ3n) is 18.7. The minimum Gasteiger partial charge on any atom is -0.304 e. The van der Waals surface area contributed by atoms with Crippen LogP contribution in [0.2, 0.25) is 0 Å². The Morgan fingerprint density at radius 2 is 0.518 bits per heavy atom. The van der Waals surface area contributed by atoms with Gasteiger partial charge < -0.3 is 24.9 Å². The maximum atomic E-state index is 4.61. The quantitative estimate of drug-likeness (QED) is 0.122. The molecule has 6 radical (unpaired) electrons. The molecule has 0 N–H and O–H groups in total. The predicted molar refractivity (Wildman–Crippen MR) is 449 cm³/mol. The average Bonchev–Trinajstić information content (AvgIpc) is 0.781. The van der Waals surface area contributed by atoms with Crippen LogP contribution < -0.4 is 0 Å². The zero-order chi connectivity index (χ0) is 72.5. The van der Waals surface area contributed by atoms with Crippen LogP contribution in [0.1, 0.15) is 0 Å². The summed E-state index contributed by atoms with van der Waals surface area (Å²) in [6.07, 6.45) is 9.54. The Hall–Kier alpha value is -10.6. The summed E-state index contributed by atoms with van der Waals surface area (Å²) in [5.41, 5.74) is 13.1. The third kappa shape index (κ3) is 20.7. The molecule has 0 bridgehead atoms. The van der Waals surface area contributed by atoms with Crippen LogP contribution in [0.25, 0.3) is 165 Å². The van der Waals surface area contributed by atoms with E-state index in [9.17, 15) is 0 Å². The molecule has 114 heavy (non-hydrogen) atoms. The van der Waals surface area contributed by atoms with Crippen molar-refractivity contribution in [1.29, 1.82) is 0 Å². The molecule has 0 saturated heterocycles. The fraction of sp³-hybridized carbons (Fsp3) is 0. The maximum absolute atomic E-state index is 4.61. The van der Waals surface area contributed by atoms with Gasteiger partial charge in [0.05, 0.1) is 5.52 Å². The molecule has 0 aliphatic heterocycles. The van der Waals surface area contributed by atoms with Crippen molar-refractivity contribution >= 4 is 97.1 Å². The Balaban J connectivity index is 0.000000144. The van der Waals surface area contributed by atoms with E-state index in [1.54, 1.807) is 0 Å². The van der Waals surface area contributed by atoms with Gasteiger partial charge in [-0.25, -0.2) is 0 Å². The Bertz CT molecular complexity index is 6470. The average molecular weight is 2530 g/mol. The number of nitrogens with zero attached hydrogens (tertiary/aromatic N) is 6. The SMILES string of the molecule is [Ir].[Ir].[Ir].[Ir].[Ir].[Ir].[c-]1ccccc1-c1cc2c(ccc3ccccc32)cn1.[c-]1ccccc1-c1cc2ccc3ccccc3c2cn1.[c-]1ccccc1-c1cc2ccccc2cn1.[c-]1ccccc1-c1ccc2ccccc2n1.[c-]1ccccc1-c1nccc2c1ccc1ccccc12.[c-]1ccccc1-c1nccc2ccccc12. The predicted octanol–water partition coefficient (Wildman–Crippen LogP) is 25.7. The summed E-state index contributed by atoms with van der Waals surface area (Å²) >= 11 is 0. The van der Waals surface area contributed by atoms with E-state index in [1.807, 2.05) is 225 Å². The molecule has 21 aromatic rings. The van der Waals surface area contributed by atoms with Crippen molar-refractivity contribution in [3.63, 3.8) is 0 Å². The van der Waals surface area contributed by atoms with Crippen molar-refractivity contribution in [2.45, 2.75) is 0 Å². The molecule has 21 rings (SSSR count). The van der Waals surface area contributed by atoms with E-state index in [2.05, 4.69) is 242 Å². The first-order chi connectivity index (χ1) is 53.6. The number of pyridine rings is 6. The fourth-order valence-electron chi connectivity index (χ4n) is 13.3. The molecule has 0 atom stereocenters. The molecule has 0 unspecified atom stereocenters. The Morgan fingerprint density at radius 1 is 0.175 bits per heavy atom. The standard InChI is InChI=1S/3C19H12N.3C15H10N.6Ir/c1-2-7-15(8-3-1)19-12-18-16(13-20-19)11-10-14-6-4-5-9-17(14)18;1-2-7-15(8-3-1)19-12-16-11-10-14-6-4-5-9-17(14)18(16)13-20-19;1-2-7-15(8-3-1)19-18-11-10-14-6-4-5-9-16(14)17(18)12-13-20-19;1-2-7-13(8-3-1)15-14-9-5-4-6-12(14)10-11-16-15;1-2-6-12(7-3-1)15-10-13-8-4-5-9-14(13)11-16-15;1-2-6-12(7-3-1)15-11-10-13-8-4-5-9-14(13)16-15;;;;;;/h3*1-7,9-13H;1-7,9-11H;2*1-6,8-11H;;;;;;/q6*-1;;;;;;.